The lowest BCUT2D eigenvalue weighted by Gasteiger charge is -2.27. The normalized spacial score (nSPS) is 16.7. The molecule has 8 aliphatic rings. The summed E-state index contributed by atoms with van der Waals surface area (Å²) in [6.07, 6.45) is 33.5. The summed E-state index contributed by atoms with van der Waals surface area (Å²) < 4.78 is 89.3. The zero-order valence-corrected chi connectivity index (χ0v) is 72.4. The van der Waals surface area contributed by atoms with Crippen LogP contribution >= 0.6 is 0 Å². The lowest BCUT2D eigenvalue weighted by molar-refractivity contribution is 0.260. The van der Waals surface area contributed by atoms with E-state index in [0.29, 0.717) is 86.0 Å². The minimum atomic E-state index is -0.931. The van der Waals surface area contributed by atoms with Crippen LogP contribution in [0.4, 0.5) is 106 Å². The first-order chi connectivity index (χ1) is 64.1. The molecule has 13 heterocycles. The molecule has 8 aliphatic carbocycles. The Kier molecular flexibility index (Phi) is 20.7. The van der Waals surface area contributed by atoms with E-state index in [1.54, 1.807) is 61.1 Å². The van der Waals surface area contributed by atoms with E-state index in [0.717, 1.165) is 182 Å². The van der Waals surface area contributed by atoms with E-state index in [-0.39, 0.29) is 68.0 Å². The van der Waals surface area contributed by atoms with Gasteiger partial charge in [-0.3, -0.25) is 26.3 Å². The van der Waals surface area contributed by atoms with Crippen LogP contribution in [-0.2, 0) is 21.7 Å². The number of anilines is 12. The number of hydrogen-bond donors (Lipinski definition) is 12. The first kappa shape index (κ1) is 84.1. The van der Waals surface area contributed by atoms with Gasteiger partial charge in [-0.05, 0) is 180 Å². The highest BCUT2D eigenvalue weighted by molar-refractivity contribution is 6.07. The number of urea groups is 4. The molecular weight excluding hydrogens is 1710 g/mol. The second kappa shape index (κ2) is 32.7. The van der Waals surface area contributed by atoms with Gasteiger partial charge in [-0.1, -0.05) is 60.5 Å². The maximum atomic E-state index is 15.0. The molecule has 0 atom stereocenters. The third-order valence-corrected chi connectivity index (χ3v) is 26.3. The van der Waals surface area contributed by atoms with Crippen molar-refractivity contribution in [2.75, 3.05) is 65.5 Å². The number of nitrogens with two attached hydrogens (primary N) is 4. The van der Waals surface area contributed by atoms with Crippen LogP contribution in [-0.4, -0.2) is 103 Å². The predicted molar refractivity (Wildman–Crippen MR) is 490 cm³/mol. The van der Waals surface area contributed by atoms with E-state index >= 15 is 4.39 Å². The molecule has 40 heteroatoms. The van der Waals surface area contributed by atoms with E-state index in [9.17, 15) is 32.3 Å². The monoisotopic (exact) mass is 1800 g/mol. The first-order valence-corrected chi connectivity index (χ1v) is 44.0. The van der Waals surface area contributed by atoms with Gasteiger partial charge in [-0.15, -0.1) is 0 Å². The molecule has 3 aromatic carbocycles. The molecule has 0 radical (unpaired) electrons. The van der Waals surface area contributed by atoms with Gasteiger partial charge < -0.3 is 80.6 Å². The molecule has 0 spiro atoms. The van der Waals surface area contributed by atoms with Crippen molar-refractivity contribution in [3.63, 3.8) is 0 Å². The Hall–Kier alpha value is -15.8. The summed E-state index contributed by atoms with van der Waals surface area (Å²) in [7, 11) is 0. The smallest absolute Gasteiger partial charge is 0.326 e. The van der Waals surface area contributed by atoms with Crippen molar-refractivity contribution in [1.82, 2.24) is 78.8 Å². The third-order valence-electron chi connectivity index (χ3n) is 26.3. The molecule has 678 valence electrons. The summed E-state index contributed by atoms with van der Waals surface area (Å²) in [4.78, 5) is 83.7. The number of aromatic nitrogens is 16. The number of pyridine rings is 2. The molecule has 13 aromatic heterocycles. The second-order valence-corrected chi connectivity index (χ2v) is 36.5. The predicted octanol–water partition coefficient (Wildman–Crippen LogP) is 19.7. The molecule has 133 heavy (non-hydrogen) atoms. The van der Waals surface area contributed by atoms with Crippen LogP contribution < -0.4 is 65.5 Å². The zero-order chi connectivity index (χ0) is 91.7. The van der Waals surface area contributed by atoms with Crippen LogP contribution in [0.15, 0.2) is 165 Å². The lowest BCUT2D eigenvalue weighted by Crippen LogP contribution is -2.21. The van der Waals surface area contributed by atoms with Crippen LogP contribution in [0.2, 0.25) is 0 Å². The number of nitrogens with one attached hydrogen (secondary N) is 8. The summed E-state index contributed by atoms with van der Waals surface area (Å²) in [5, 5.41) is 38.9. The molecule has 0 unspecified atom stereocenters. The summed E-state index contributed by atoms with van der Waals surface area (Å²) in [5.74, 6) is 0.843. The molecule has 0 aliphatic heterocycles. The van der Waals surface area contributed by atoms with Crippen molar-refractivity contribution >= 4 is 138 Å². The van der Waals surface area contributed by atoms with Crippen molar-refractivity contribution < 1.29 is 54.8 Å². The molecule has 0 bridgehead atoms. The van der Waals surface area contributed by atoms with Gasteiger partial charge in [0.1, 0.15) is 99.7 Å². The SMILES string of the molecule is CC1(c2cc(NC(=O)Nc3c(F)cc(-c4cn(C5CC5)c5ncnc(N)c45)cc3F)no2)CC1.CC1(c2cc(NC(=O)Nc3ccc(-c4cn(C5CC5)c5ccnc(N)c45)cc3F)on2)CC1.CC1(c2cc(NC(=O)Nc3ccc(-c4cn(C5CC5)c5ncnc(N)c45)nc3)on2)CC1.CC1(c2cc(NC(=O)Nc3ccc(-c4cn(C5CCC5)c5ncnc(N)c45)cc3F)no2)CC1. The van der Waals surface area contributed by atoms with E-state index < -0.39 is 53.1 Å². The number of nitrogens with zero attached hydrogens (tertiary/aromatic N) is 16. The highest BCUT2D eigenvalue weighted by atomic mass is 19.1. The number of carbonyl (C=O) groups excluding carboxylic acids is 4. The maximum absolute atomic E-state index is 15.0. The number of hydrogen-bond acceptors (Lipinski definition) is 24. The minimum absolute atomic E-state index is 0.00152. The van der Waals surface area contributed by atoms with E-state index in [1.165, 1.54) is 49.7 Å². The number of fused-ring (bicyclic) bond motifs is 4. The fourth-order valence-corrected chi connectivity index (χ4v) is 16.6. The summed E-state index contributed by atoms with van der Waals surface area (Å²) in [6, 6.07) is 23.1. The molecular formula is C93H90F4N28O8. The van der Waals surface area contributed by atoms with E-state index in [1.807, 2.05) is 42.2 Å². The zero-order valence-electron chi connectivity index (χ0n) is 72.4. The quantitative estimate of drug-likeness (QED) is 0.0315. The van der Waals surface area contributed by atoms with E-state index in [4.69, 9.17) is 41.0 Å². The summed E-state index contributed by atoms with van der Waals surface area (Å²) in [5.41, 5.74) is 34.9. The Morgan fingerprint density at radius 1 is 0.376 bits per heavy atom. The molecule has 0 saturated heterocycles. The van der Waals surface area contributed by atoms with Crippen LogP contribution in [0.1, 0.15) is 184 Å². The van der Waals surface area contributed by atoms with Gasteiger partial charge in [-0.2, -0.15) is 0 Å². The molecule has 8 saturated carbocycles. The number of halogens is 4. The van der Waals surface area contributed by atoms with Crippen LogP contribution in [0.25, 0.3) is 88.6 Å². The topological polar surface area (TPSA) is 496 Å². The van der Waals surface area contributed by atoms with Gasteiger partial charge in [-0.25, -0.2) is 71.6 Å². The molecule has 8 amide bonds. The number of nitrogen functional groups attached to an aromatic ring is 4. The van der Waals surface area contributed by atoms with Gasteiger partial charge in [0.05, 0.1) is 62.0 Å². The van der Waals surface area contributed by atoms with Gasteiger partial charge in [0, 0.05) is 129 Å². The molecule has 8 fully saturated rings. The minimum Gasteiger partial charge on any atom is -0.383 e. The van der Waals surface area contributed by atoms with Crippen molar-refractivity contribution in [1.29, 1.82) is 0 Å². The standard InChI is InChI=1S/C24H24FN7O2.C24H23FN6O2.C23H21F2N7O2.C22H22N8O2/c1-24(7-8-24)18-10-19(31-34-18)30-23(33)29-17-6-5-13(9-16(17)25)15-11-32(14-3-2-4-14)22-20(15)21(26)27-12-28-22;1-24(7-8-24)19-11-20(33-30-19)29-23(32)28-17-5-2-13(10-16(17)25)15-12-31(14-3-4-14)18-6-9-27-22(26)21(15)18;1-23(4-5-23)16-8-17(31-34-16)29-22(33)30-19-14(24)6-11(7-15(19)25)13-9-32(12-2-3-12)21-18(13)20(26)27-10-28-21;1-22(6-7-22)16-8-17(32-29-16)28-21(31)27-12-2-5-15(24-9-12)14-10-30(13-3-4-13)20-18(14)19(23)25-11-26-20/h5-6,9-12,14H,2-4,7-8H2,1H3,(H2,26,27,28)(H2,29,30,31,33);2,5-6,9-12,14H,3-4,7-8H2,1H3,(H2,26,27)(H2,28,29,32);6-10,12H,2-5H2,1H3,(H2,26,27,28)(H2,29,30,31,33);2,5,8-11,13H,3-4,6-7H2,1H3,(H2,23,25,26)(H2,27,28,31). The number of carbonyl (C=O) groups is 4. The Balaban J connectivity index is 0.000000107. The van der Waals surface area contributed by atoms with E-state index in [2.05, 4.69) is 138 Å². The largest absolute Gasteiger partial charge is 0.383 e. The van der Waals surface area contributed by atoms with Gasteiger partial charge >= 0.3 is 24.1 Å². The van der Waals surface area contributed by atoms with Gasteiger partial charge in [0.15, 0.2) is 11.6 Å². The van der Waals surface area contributed by atoms with Crippen LogP contribution in [0.3, 0.4) is 0 Å². The molecule has 24 rings (SSSR count). The number of benzene rings is 3. The Bertz CT molecular complexity index is 7300. The van der Waals surface area contributed by atoms with Crippen molar-refractivity contribution in [2.45, 2.75) is 183 Å². The highest BCUT2D eigenvalue weighted by Crippen LogP contribution is 2.53. The Morgan fingerprint density at radius 3 is 1.23 bits per heavy atom. The summed E-state index contributed by atoms with van der Waals surface area (Å²) >= 11 is 0. The van der Waals surface area contributed by atoms with Crippen molar-refractivity contribution in [3.8, 4) is 44.6 Å². The first-order valence-electron chi connectivity index (χ1n) is 44.0. The molecule has 16 aromatic rings. The Labute approximate surface area is 753 Å². The van der Waals surface area contributed by atoms with Crippen molar-refractivity contribution in [3.05, 3.63) is 193 Å². The average Bonchev–Trinajstić information content (AvgIpc) is 1.57. The number of amides is 8. The fraction of sp³-hybridized carbons (Fsp3) is 0.312. The molecule has 36 nitrogen and oxygen atoms in total. The number of rotatable bonds is 20. The Morgan fingerprint density at radius 2 is 0.782 bits per heavy atom. The van der Waals surface area contributed by atoms with Crippen LogP contribution in [0.5, 0.6) is 0 Å². The maximum Gasteiger partial charge on any atom is 0.326 e. The van der Waals surface area contributed by atoms with Gasteiger partial charge in [0.2, 0.25) is 11.8 Å². The third kappa shape index (κ3) is 16.9. The van der Waals surface area contributed by atoms with Crippen molar-refractivity contribution in [2.24, 2.45) is 0 Å². The van der Waals surface area contributed by atoms with Crippen LogP contribution in [0, 0.1) is 23.3 Å². The highest BCUT2D eigenvalue weighted by Gasteiger charge is 2.46. The molecule has 16 N–H and O–H groups in total. The fourth-order valence-electron chi connectivity index (χ4n) is 16.6. The average molecular weight is 1800 g/mol. The second-order valence-electron chi connectivity index (χ2n) is 36.5. The van der Waals surface area contributed by atoms with Gasteiger partial charge in [0.25, 0.3) is 0 Å². The lowest BCUT2D eigenvalue weighted by atomic mass is 9.93. The summed E-state index contributed by atoms with van der Waals surface area (Å²) in [6.45, 7) is 8.34.